The summed E-state index contributed by atoms with van der Waals surface area (Å²) in [6.45, 7) is 1.22. The third kappa shape index (κ3) is 3.81. The van der Waals surface area contributed by atoms with E-state index >= 15 is 0 Å². The van der Waals surface area contributed by atoms with Gasteiger partial charge >= 0.3 is 6.18 Å². The van der Waals surface area contributed by atoms with E-state index in [1.165, 1.54) is 23.0 Å². The van der Waals surface area contributed by atoms with E-state index in [-0.39, 0.29) is 17.3 Å². The van der Waals surface area contributed by atoms with Crippen molar-refractivity contribution in [1.82, 2.24) is 25.2 Å². The van der Waals surface area contributed by atoms with Crippen LogP contribution in [0.2, 0.25) is 0 Å². The summed E-state index contributed by atoms with van der Waals surface area (Å²) in [5.41, 5.74) is -0.446. The molecule has 6 nitrogen and oxygen atoms in total. The number of amides is 1. The SMILES string of the molecule is CNC1CCN(C(=O)c2cn(-c3cccc(C(F)(F)F)c3)nn2)CC1. The highest BCUT2D eigenvalue weighted by Crippen LogP contribution is 2.30. The number of hydrogen-bond acceptors (Lipinski definition) is 4. The molecule has 25 heavy (non-hydrogen) atoms. The largest absolute Gasteiger partial charge is 0.416 e. The summed E-state index contributed by atoms with van der Waals surface area (Å²) >= 11 is 0. The Morgan fingerprint density at radius 2 is 2.00 bits per heavy atom. The minimum atomic E-state index is -4.44. The first-order valence-corrected chi connectivity index (χ1v) is 7.95. The maximum absolute atomic E-state index is 12.8. The molecule has 0 radical (unpaired) electrons. The first kappa shape index (κ1) is 17.4. The van der Waals surface area contributed by atoms with Crippen molar-refractivity contribution < 1.29 is 18.0 Å². The molecule has 0 spiro atoms. The van der Waals surface area contributed by atoms with Crippen molar-refractivity contribution in [2.75, 3.05) is 20.1 Å². The fourth-order valence-electron chi connectivity index (χ4n) is 2.85. The van der Waals surface area contributed by atoms with Gasteiger partial charge in [0.1, 0.15) is 0 Å². The number of aromatic nitrogens is 3. The van der Waals surface area contributed by atoms with Gasteiger partial charge in [-0.3, -0.25) is 4.79 Å². The molecule has 3 rings (SSSR count). The predicted molar refractivity (Wildman–Crippen MR) is 84.3 cm³/mol. The van der Waals surface area contributed by atoms with Gasteiger partial charge in [-0.15, -0.1) is 5.10 Å². The molecule has 0 saturated carbocycles. The summed E-state index contributed by atoms with van der Waals surface area (Å²) in [6, 6.07) is 5.13. The summed E-state index contributed by atoms with van der Waals surface area (Å²) in [7, 11) is 1.89. The number of piperidine rings is 1. The van der Waals surface area contributed by atoms with Crippen LogP contribution in [0.5, 0.6) is 0 Å². The summed E-state index contributed by atoms with van der Waals surface area (Å²) < 4.78 is 39.6. The number of benzene rings is 1. The number of likely N-dealkylation sites (tertiary alicyclic amines) is 1. The molecule has 0 bridgehead atoms. The lowest BCUT2D eigenvalue weighted by atomic mass is 10.1. The van der Waals surface area contributed by atoms with Crippen molar-refractivity contribution in [2.24, 2.45) is 0 Å². The van der Waals surface area contributed by atoms with Gasteiger partial charge in [-0.1, -0.05) is 11.3 Å². The molecule has 0 unspecified atom stereocenters. The molecule has 0 aliphatic carbocycles. The number of rotatable bonds is 3. The second-order valence-corrected chi connectivity index (χ2v) is 5.95. The van der Waals surface area contributed by atoms with E-state index in [0.29, 0.717) is 19.1 Å². The molecule has 2 heterocycles. The van der Waals surface area contributed by atoms with Crippen LogP contribution in [0.25, 0.3) is 5.69 Å². The van der Waals surface area contributed by atoms with Crippen LogP contribution in [-0.2, 0) is 6.18 Å². The molecule has 1 amide bonds. The molecular formula is C16H18F3N5O. The van der Waals surface area contributed by atoms with E-state index < -0.39 is 11.7 Å². The normalized spacial score (nSPS) is 16.2. The maximum atomic E-state index is 12.8. The predicted octanol–water partition coefficient (Wildman–Crippen LogP) is 2.11. The molecule has 1 aliphatic heterocycles. The van der Waals surface area contributed by atoms with Crippen LogP contribution in [-0.4, -0.2) is 52.0 Å². The first-order valence-electron chi connectivity index (χ1n) is 7.95. The summed E-state index contributed by atoms with van der Waals surface area (Å²) in [6.07, 6.45) is -1.37. The number of carbonyl (C=O) groups is 1. The topological polar surface area (TPSA) is 63.1 Å². The molecule has 1 aliphatic rings. The number of nitrogens with zero attached hydrogens (tertiary/aromatic N) is 4. The van der Waals surface area contributed by atoms with Gasteiger partial charge in [0, 0.05) is 19.1 Å². The van der Waals surface area contributed by atoms with Crippen LogP contribution in [0.15, 0.2) is 30.5 Å². The fourth-order valence-corrected chi connectivity index (χ4v) is 2.85. The van der Waals surface area contributed by atoms with Gasteiger partial charge in [0.15, 0.2) is 5.69 Å². The smallest absolute Gasteiger partial charge is 0.337 e. The zero-order chi connectivity index (χ0) is 18.0. The Balaban J connectivity index is 1.76. The Morgan fingerprint density at radius 1 is 1.28 bits per heavy atom. The molecule has 1 fully saturated rings. The number of carbonyl (C=O) groups excluding carboxylic acids is 1. The Morgan fingerprint density at radius 3 is 2.64 bits per heavy atom. The number of alkyl halides is 3. The molecule has 1 aromatic carbocycles. The van der Waals surface area contributed by atoms with E-state index in [1.54, 1.807) is 4.90 Å². The van der Waals surface area contributed by atoms with Crippen molar-refractivity contribution in [1.29, 1.82) is 0 Å². The van der Waals surface area contributed by atoms with Crippen molar-refractivity contribution in [3.63, 3.8) is 0 Å². The molecule has 134 valence electrons. The van der Waals surface area contributed by atoms with Crippen molar-refractivity contribution >= 4 is 5.91 Å². The minimum absolute atomic E-state index is 0.125. The Kier molecular flexibility index (Phi) is 4.76. The van der Waals surface area contributed by atoms with Crippen molar-refractivity contribution in [2.45, 2.75) is 25.1 Å². The monoisotopic (exact) mass is 353 g/mol. The number of nitrogens with one attached hydrogen (secondary N) is 1. The van der Waals surface area contributed by atoms with E-state index in [0.717, 1.165) is 25.0 Å². The average Bonchev–Trinajstić information content (AvgIpc) is 3.11. The van der Waals surface area contributed by atoms with Gasteiger partial charge in [0.05, 0.1) is 17.4 Å². The van der Waals surface area contributed by atoms with Gasteiger partial charge in [-0.2, -0.15) is 13.2 Å². The minimum Gasteiger partial charge on any atom is -0.337 e. The van der Waals surface area contributed by atoms with Gasteiger partial charge in [0.2, 0.25) is 0 Å². The fraction of sp³-hybridized carbons (Fsp3) is 0.438. The van der Waals surface area contributed by atoms with Gasteiger partial charge in [0.25, 0.3) is 5.91 Å². The molecular weight excluding hydrogens is 335 g/mol. The van der Waals surface area contributed by atoms with Crippen molar-refractivity contribution in [3.8, 4) is 5.69 Å². The lowest BCUT2D eigenvalue weighted by molar-refractivity contribution is -0.137. The van der Waals surface area contributed by atoms with Crippen LogP contribution in [0.1, 0.15) is 28.9 Å². The van der Waals surface area contributed by atoms with Crippen LogP contribution >= 0.6 is 0 Å². The third-order valence-corrected chi connectivity index (χ3v) is 4.34. The molecule has 1 N–H and O–H groups in total. The van der Waals surface area contributed by atoms with E-state index in [4.69, 9.17) is 0 Å². The second-order valence-electron chi connectivity index (χ2n) is 5.95. The number of hydrogen-bond donors (Lipinski definition) is 1. The quantitative estimate of drug-likeness (QED) is 0.918. The second kappa shape index (κ2) is 6.83. The number of halogens is 3. The summed E-state index contributed by atoms with van der Waals surface area (Å²) in [5, 5.41) is 10.8. The molecule has 9 heteroatoms. The standard InChI is InChI=1S/C16H18F3N5O/c1-20-12-5-7-23(8-6-12)15(25)14-10-24(22-21-14)13-4-2-3-11(9-13)16(17,18)19/h2-4,9-10,12,20H,5-8H2,1H3. The maximum Gasteiger partial charge on any atom is 0.416 e. The molecule has 0 atom stereocenters. The Labute approximate surface area is 142 Å². The van der Waals surface area contributed by atoms with Gasteiger partial charge in [-0.05, 0) is 38.1 Å². The molecule has 1 saturated heterocycles. The van der Waals surface area contributed by atoms with Crippen LogP contribution in [0.4, 0.5) is 13.2 Å². The highest BCUT2D eigenvalue weighted by molar-refractivity contribution is 5.92. The van der Waals surface area contributed by atoms with E-state index in [2.05, 4.69) is 15.6 Å². The molecule has 1 aromatic heterocycles. The molecule has 2 aromatic rings. The third-order valence-electron chi connectivity index (χ3n) is 4.34. The van der Waals surface area contributed by atoms with Crippen LogP contribution in [0.3, 0.4) is 0 Å². The average molecular weight is 353 g/mol. The van der Waals surface area contributed by atoms with Gasteiger partial charge in [-0.25, -0.2) is 4.68 Å². The Bertz CT molecular complexity index is 750. The highest BCUT2D eigenvalue weighted by Gasteiger charge is 2.31. The lowest BCUT2D eigenvalue weighted by Gasteiger charge is -2.31. The van der Waals surface area contributed by atoms with E-state index in [1.807, 2.05) is 7.05 Å². The zero-order valence-electron chi connectivity index (χ0n) is 13.6. The zero-order valence-corrected chi connectivity index (χ0v) is 13.6. The van der Waals surface area contributed by atoms with Gasteiger partial charge < -0.3 is 10.2 Å². The van der Waals surface area contributed by atoms with E-state index in [9.17, 15) is 18.0 Å². The summed E-state index contributed by atoms with van der Waals surface area (Å²) in [4.78, 5) is 14.2. The van der Waals surface area contributed by atoms with Crippen LogP contribution in [0, 0.1) is 0 Å². The summed E-state index contributed by atoms with van der Waals surface area (Å²) in [5.74, 6) is -0.257. The van der Waals surface area contributed by atoms with Crippen LogP contribution < -0.4 is 5.32 Å². The lowest BCUT2D eigenvalue weighted by Crippen LogP contribution is -2.44. The first-order chi connectivity index (χ1) is 11.9. The Hall–Kier alpha value is -2.42. The van der Waals surface area contributed by atoms with Crippen molar-refractivity contribution in [3.05, 3.63) is 41.7 Å². The highest BCUT2D eigenvalue weighted by atomic mass is 19.4.